The lowest BCUT2D eigenvalue weighted by Crippen LogP contribution is -2.32. The highest BCUT2D eigenvalue weighted by molar-refractivity contribution is 8.07. The second kappa shape index (κ2) is 6.31. The minimum absolute atomic E-state index is 0.0258. The fourth-order valence-corrected chi connectivity index (χ4v) is 4.89. The highest BCUT2D eigenvalue weighted by Gasteiger charge is 2.29. The van der Waals surface area contributed by atoms with Gasteiger partial charge in [-0.05, 0) is 11.6 Å². The molecule has 0 spiro atoms. The second-order valence-corrected chi connectivity index (χ2v) is 7.37. The van der Waals surface area contributed by atoms with Crippen molar-refractivity contribution in [1.82, 2.24) is 0 Å². The third kappa shape index (κ3) is 3.22. The lowest BCUT2D eigenvalue weighted by Gasteiger charge is -2.26. The zero-order valence-corrected chi connectivity index (χ0v) is 12.4. The SMILES string of the molecule is CC1SCCSC1C(=O)Cc1cccc(Cl)c1F. The summed E-state index contributed by atoms with van der Waals surface area (Å²) in [6, 6.07) is 4.81. The van der Waals surface area contributed by atoms with Crippen LogP contribution in [0.25, 0.3) is 0 Å². The first-order valence-corrected chi connectivity index (χ1v) is 8.26. The van der Waals surface area contributed by atoms with E-state index in [4.69, 9.17) is 11.6 Å². The number of benzene rings is 1. The molecule has 0 aliphatic carbocycles. The number of carbonyl (C=O) groups is 1. The minimum Gasteiger partial charge on any atom is -0.298 e. The van der Waals surface area contributed by atoms with Gasteiger partial charge in [-0.15, -0.1) is 11.8 Å². The molecule has 1 aliphatic rings. The van der Waals surface area contributed by atoms with Crippen LogP contribution in [0.15, 0.2) is 18.2 Å². The Balaban J connectivity index is 2.09. The first kappa shape index (κ1) is 14.2. The number of rotatable bonds is 3. The van der Waals surface area contributed by atoms with Crippen LogP contribution in [0.1, 0.15) is 12.5 Å². The summed E-state index contributed by atoms with van der Waals surface area (Å²) in [5.74, 6) is 1.71. The number of hydrogen-bond acceptors (Lipinski definition) is 3. The van der Waals surface area contributed by atoms with Gasteiger partial charge in [0.05, 0.1) is 10.3 Å². The largest absolute Gasteiger partial charge is 0.298 e. The van der Waals surface area contributed by atoms with Crippen LogP contribution in [0.5, 0.6) is 0 Å². The Morgan fingerprint density at radius 3 is 2.89 bits per heavy atom. The predicted octanol–water partition coefficient (Wildman–Crippen LogP) is 3.83. The topological polar surface area (TPSA) is 17.1 Å². The van der Waals surface area contributed by atoms with Crippen molar-refractivity contribution in [3.05, 3.63) is 34.6 Å². The van der Waals surface area contributed by atoms with E-state index in [1.807, 2.05) is 11.8 Å². The number of ketones is 1. The standard InChI is InChI=1S/C13H14ClFOS2/c1-8-13(18-6-5-17-8)11(16)7-9-3-2-4-10(14)12(9)15/h2-4,8,13H,5-7H2,1H3. The van der Waals surface area contributed by atoms with Gasteiger partial charge in [-0.25, -0.2) is 4.39 Å². The maximum absolute atomic E-state index is 13.7. The summed E-state index contributed by atoms with van der Waals surface area (Å²) in [5, 5.41) is 0.361. The van der Waals surface area contributed by atoms with Crippen LogP contribution < -0.4 is 0 Å². The van der Waals surface area contributed by atoms with Crippen LogP contribution in [0.3, 0.4) is 0 Å². The van der Waals surface area contributed by atoms with Gasteiger partial charge in [0, 0.05) is 23.2 Å². The van der Waals surface area contributed by atoms with Crippen LogP contribution in [0.4, 0.5) is 4.39 Å². The molecule has 1 saturated heterocycles. The molecule has 0 saturated carbocycles. The van der Waals surface area contributed by atoms with E-state index in [2.05, 4.69) is 6.92 Å². The van der Waals surface area contributed by atoms with Crippen molar-refractivity contribution in [2.75, 3.05) is 11.5 Å². The Hall–Kier alpha value is -0.190. The first-order chi connectivity index (χ1) is 8.59. The second-order valence-electron chi connectivity index (χ2n) is 4.22. The van der Waals surface area contributed by atoms with Crippen LogP contribution in [-0.2, 0) is 11.2 Å². The normalized spacial score (nSPS) is 23.9. The maximum Gasteiger partial charge on any atom is 0.151 e. The zero-order chi connectivity index (χ0) is 13.1. The van der Waals surface area contributed by atoms with E-state index in [-0.39, 0.29) is 22.5 Å². The van der Waals surface area contributed by atoms with Gasteiger partial charge in [0.25, 0.3) is 0 Å². The summed E-state index contributed by atoms with van der Waals surface area (Å²) in [6.07, 6.45) is 0.134. The molecule has 2 atom stereocenters. The molecular weight excluding hydrogens is 291 g/mol. The summed E-state index contributed by atoms with van der Waals surface area (Å²) >= 11 is 9.21. The number of carbonyl (C=O) groups excluding carboxylic acids is 1. The summed E-state index contributed by atoms with van der Waals surface area (Å²) in [7, 11) is 0. The third-order valence-corrected chi connectivity index (χ3v) is 6.33. The summed E-state index contributed by atoms with van der Waals surface area (Å²) in [4.78, 5) is 12.2. The van der Waals surface area contributed by atoms with Crippen LogP contribution in [0, 0.1) is 5.82 Å². The fourth-order valence-electron chi connectivity index (χ4n) is 1.96. The maximum atomic E-state index is 13.7. The van der Waals surface area contributed by atoms with E-state index < -0.39 is 5.82 Å². The van der Waals surface area contributed by atoms with Crippen molar-refractivity contribution in [1.29, 1.82) is 0 Å². The average molecular weight is 305 g/mol. The van der Waals surface area contributed by atoms with Crippen LogP contribution in [-0.4, -0.2) is 27.8 Å². The molecule has 0 amide bonds. The van der Waals surface area contributed by atoms with Gasteiger partial charge in [-0.2, -0.15) is 11.8 Å². The van der Waals surface area contributed by atoms with Crippen LogP contribution >= 0.6 is 35.1 Å². The van der Waals surface area contributed by atoms with E-state index >= 15 is 0 Å². The molecule has 1 aromatic carbocycles. The molecule has 1 fully saturated rings. The molecule has 18 heavy (non-hydrogen) atoms. The first-order valence-electron chi connectivity index (χ1n) is 5.78. The Kier molecular flexibility index (Phi) is 4.98. The summed E-state index contributed by atoms with van der Waals surface area (Å²) in [5.41, 5.74) is 0.399. The Labute approximate surface area is 120 Å². The van der Waals surface area contributed by atoms with Crippen molar-refractivity contribution < 1.29 is 9.18 Å². The van der Waals surface area contributed by atoms with Gasteiger partial charge in [0.1, 0.15) is 5.82 Å². The zero-order valence-electron chi connectivity index (χ0n) is 9.99. The summed E-state index contributed by atoms with van der Waals surface area (Å²) < 4.78 is 13.7. The van der Waals surface area contributed by atoms with Crippen molar-refractivity contribution in [3.8, 4) is 0 Å². The molecule has 0 N–H and O–H groups in total. The third-order valence-electron chi connectivity index (χ3n) is 2.90. The quantitative estimate of drug-likeness (QED) is 0.845. The van der Waals surface area contributed by atoms with Gasteiger partial charge < -0.3 is 0 Å². The molecule has 5 heteroatoms. The van der Waals surface area contributed by atoms with Crippen molar-refractivity contribution in [2.45, 2.75) is 23.8 Å². The van der Waals surface area contributed by atoms with Crippen LogP contribution in [0.2, 0.25) is 5.02 Å². The Morgan fingerprint density at radius 2 is 2.17 bits per heavy atom. The fraction of sp³-hybridized carbons (Fsp3) is 0.462. The highest BCUT2D eigenvalue weighted by Crippen LogP contribution is 2.32. The number of Topliss-reactive ketones (excluding diaryl/α,β-unsaturated/α-hetero) is 1. The van der Waals surface area contributed by atoms with E-state index in [1.54, 1.807) is 23.9 Å². The monoisotopic (exact) mass is 304 g/mol. The molecular formula is C13H14ClFOS2. The lowest BCUT2D eigenvalue weighted by molar-refractivity contribution is -0.117. The van der Waals surface area contributed by atoms with Gasteiger partial charge >= 0.3 is 0 Å². The lowest BCUT2D eigenvalue weighted by atomic mass is 10.0. The van der Waals surface area contributed by atoms with Gasteiger partial charge in [-0.3, -0.25) is 4.79 Å². The smallest absolute Gasteiger partial charge is 0.151 e. The van der Waals surface area contributed by atoms with Gasteiger partial charge in [0.15, 0.2) is 5.78 Å². The average Bonchev–Trinajstić information content (AvgIpc) is 2.35. The minimum atomic E-state index is -0.464. The molecule has 2 unspecified atom stereocenters. The van der Waals surface area contributed by atoms with E-state index in [1.165, 1.54) is 6.07 Å². The van der Waals surface area contributed by atoms with E-state index in [9.17, 15) is 9.18 Å². The van der Waals surface area contributed by atoms with Crippen molar-refractivity contribution in [2.24, 2.45) is 0 Å². The Morgan fingerprint density at radius 1 is 1.44 bits per heavy atom. The number of thioether (sulfide) groups is 2. The molecule has 0 aromatic heterocycles. The number of hydrogen-bond donors (Lipinski definition) is 0. The van der Waals surface area contributed by atoms with E-state index in [0.717, 1.165) is 11.5 Å². The molecule has 1 aromatic rings. The molecule has 0 bridgehead atoms. The number of halogens is 2. The van der Waals surface area contributed by atoms with Crippen molar-refractivity contribution in [3.63, 3.8) is 0 Å². The predicted molar refractivity (Wildman–Crippen MR) is 78.3 cm³/mol. The molecule has 2 rings (SSSR count). The molecule has 98 valence electrons. The van der Waals surface area contributed by atoms with E-state index in [0.29, 0.717) is 10.8 Å². The van der Waals surface area contributed by atoms with Gasteiger partial charge in [-0.1, -0.05) is 30.7 Å². The Bertz CT molecular complexity index is 453. The molecule has 1 heterocycles. The highest BCUT2D eigenvalue weighted by atomic mass is 35.5. The summed E-state index contributed by atoms with van der Waals surface area (Å²) in [6.45, 7) is 2.06. The molecule has 0 radical (unpaired) electrons. The van der Waals surface area contributed by atoms with Gasteiger partial charge in [0.2, 0.25) is 0 Å². The molecule has 1 nitrogen and oxygen atoms in total. The molecule has 1 aliphatic heterocycles. The van der Waals surface area contributed by atoms with Crippen molar-refractivity contribution >= 4 is 40.9 Å².